The molecule has 0 aromatic heterocycles. The number of carbonyl (C=O) groups is 2. The summed E-state index contributed by atoms with van der Waals surface area (Å²) in [4.78, 5) is 26.2. The zero-order valence-corrected chi connectivity index (χ0v) is 16.5. The molecule has 0 saturated carbocycles. The molecule has 0 atom stereocenters. The number of hydrogen-bond acceptors (Lipinski definition) is 2. The highest BCUT2D eigenvalue weighted by atomic mass is 35.5. The average molecular weight is 373 g/mol. The Morgan fingerprint density at radius 2 is 1.69 bits per heavy atom. The van der Waals surface area contributed by atoms with E-state index < -0.39 is 0 Å². The Labute approximate surface area is 160 Å². The molecule has 0 bridgehead atoms. The van der Waals surface area contributed by atoms with Crippen molar-refractivity contribution in [1.82, 2.24) is 0 Å². The van der Waals surface area contributed by atoms with Gasteiger partial charge in [-0.05, 0) is 48.6 Å². The number of aryl methyl sites for hydroxylation is 3. The highest BCUT2D eigenvalue weighted by Crippen LogP contribution is 2.25. The van der Waals surface area contributed by atoms with Crippen LogP contribution in [0.25, 0.3) is 0 Å². The van der Waals surface area contributed by atoms with Crippen molar-refractivity contribution in [3.8, 4) is 0 Å². The van der Waals surface area contributed by atoms with E-state index in [0.29, 0.717) is 10.7 Å². The lowest BCUT2D eigenvalue weighted by molar-refractivity contribution is -0.120. The Bertz CT molecular complexity index is 795. The summed E-state index contributed by atoms with van der Waals surface area (Å²) < 4.78 is 0. The van der Waals surface area contributed by atoms with Crippen molar-refractivity contribution in [1.29, 1.82) is 0 Å². The number of rotatable bonds is 6. The van der Waals surface area contributed by atoms with Crippen LogP contribution in [0.4, 0.5) is 11.4 Å². The molecular weight excluding hydrogens is 348 g/mol. The van der Waals surface area contributed by atoms with Crippen LogP contribution >= 0.6 is 11.6 Å². The monoisotopic (exact) mass is 372 g/mol. The van der Waals surface area contributed by atoms with E-state index in [0.717, 1.165) is 35.2 Å². The Kier molecular flexibility index (Phi) is 6.81. The summed E-state index contributed by atoms with van der Waals surface area (Å²) >= 11 is 6.17. The van der Waals surface area contributed by atoms with Crippen LogP contribution in [0, 0.1) is 6.92 Å². The molecule has 138 valence electrons. The summed E-state index contributed by atoms with van der Waals surface area (Å²) in [7, 11) is 0. The van der Waals surface area contributed by atoms with Crippen molar-refractivity contribution in [2.75, 3.05) is 16.8 Å². The van der Waals surface area contributed by atoms with E-state index >= 15 is 0 Å². The molecule has 0 heterocycles. The quantitative estimate of drug-likeness (QED) is 0.794. The minimum Gasteiger partial charge on any atom is -0.324 e. The minimum atomic E-state index is -0.229. The molecule has 2 rings (SSSR count). The number of para-hydroxylation sites is 1. The van der Waals surface area contributed by atoms with Gasteiger partial charge in [0, 0.05) is 23.3 Å². The number of nitrogens with zero attached hydrogens (tertiary/aromatic N) is 1. The summed E-state index contributed by atoms with van der Waals surface area (Å²) in [6.45, 7) is 7.39. The van der Waals surface area contributed by atoms with Crippen LogP contribution in [0.2, 0.25) is 5.02 Å². The van der Waals surface area contributed by atoms with Gasteiger partial charge in [-0.25, -0.2) is 0 Å². The SMILES string of the molecule is CCc1cccc(CC)c1NC(=O)CN(C(C)=O)c1ccc(C)c(Cl)c1. The molecule has 0 aliphatic carbocycles. The molecule has 26 heavy (non-hydrogen) atoms. The van der Waals surface area contributed by atoms with Crippen LogP contribution in [-0.4, -0.2) is 18.4 Å². The molecule has 2 aromatic rings. The first-order valence-electron chi connectivity index (χ1n) is 8.82. The van der Waals surface area contributed by atoms with Gasteiger partial charge in [0.2, 0.25) is 11.8 Å². The first-order valence-corrected chi connectivity index (χ1v) is 9.20. The highest BCUT2D eigenvalue weighted by molar-refractivity contribution is 6.31. The van der Waals surface area contributed by atoms with Crippen LogP contribution in [0.15, 0.2) is 36.4 Å². The molecule has 4 nitrogen and oxygen atoms in total. The average Bonchev–Trinajstić information content (AvgIpc) is 2.62. The van der Waals surface area contributed by atoms with Crippen LogP contribution in [0.5, 0.6) is 0 Å². The molecule has 0 aliphatic rings. The van der Waals surface area contributed by atoms with Gasteiger partial charge in [-0.3, -0.25) is 9.59 Å². The van der Waals surface area contributed by atoms with Crippen molar-refractivity contribution in [2.24, 2.45) is 0 Å². The molecule has 0 aliphatic heterocycles. The van der Waals surface area contributed by atoms with Gasteiger partial charge in [-0.2, -0.15) is 0 Å². The Morgan fingerprint density at radius 1 is 1.08 bits per heavy atom. The maximum Gasteiger partial charge on any atom is 0.244 e. The van der Waals surface area contributed by atoms with E-state index in [1.54, 1.807) is 12.1 Å². The fraction of sp³-hybridized carbons (Fsp3) is 0.333. The molecule has 0 spiro atoms. The van der Waals surface area contributed by atoms with Crippen LogP contribution in [0.1, 0.15) is 37.5 Å². The van der Waals surface area contributed by atoms with E-state index in [1.807, 2.05) is 31.2 Å². The lowest BCUT2D eigenvalue weighted by Gasteiger charge is -2.22. The summed E-state index contributed by atoms with van der Waals surface area (Å²) in [5, 5.41) is 3.56. The molecule has 0 fully saturated rings. The normalized spacial score (nSPS) is 10.5. The second kappa shape index (κ2) is 8.86. The van der Waals surface area contributed by atoms with E-state index in [1.165, 1.54) is 11.8 Å². The third kappa shape index (κ3) is 4.64. The van der Waals surface area contributed by atoms with E-state index in [2.05, 4.69) is 19.2 Å². The smallest absolute Gasteiger partial charge is 0.244 e. The lowest BCUT2D eigenvalue weighted by Crippen LogP contribution is -2.37. The maximum atomic E-state index is 12.7. The number of halogens is 1. The van der Waals surface area contributed by atoms with Gasteiger partial charge in [0.1, 0.15) is 6.54 Å². The number of nitrogens with one attached hydrogen (secondary N) is 1. The van der Waals surface area contributed by atoms with E-state index in [9.17, 15) is 9.59 Å². The fourth-order valence-corrected chi connectivity index (χ4v) is 3.03. The Hall–Kier alpha value is -2.33. The topological polar surface area (TPSA) is 49.4 Å². The molecule has 0 saturated heterocycles. The molecule has 0 radical (unpaired) electrons. The molecule has 0 unspecified atom stereocenters. The molecule has 5 heteroatoms. The third-order valence-corrected chi connectivity index (χ3v) is 4.82. The minimum absolute atomic E-state index is 0.0596. The lowest BCUT2D eigenvalue weighted by atomic mass is 10.0. The predicted molar refractivity (Wildman–Crippen MR) is 108 cm³/mol. The van der Waals surface area contributed by atoms with Gasteiger partial charge >= 0.3 is 0 Å². The van der Waals surface area contributed by atoms with Gasteiger partial charge in [0.25, 0.3) is 0 Å². The van der Waals surface area contributed by atoms with Crippen molar-refractivity contribution in [3.63, 3.8) is 0 Å². The number of hydrogen-bond donors (Lipinski definition) is 1. The van der Waals surface area contributed by atoms with Gasteiger partial charge in [-0.15, -0.1) is 0 Å². The predicted octanol–water partition coefficient (Wildman–Crippen LogP) is 4.76. The molecule has 1 N–H and O–H groups in total. The standard InChI is InChI=1S/C21H25ClN2O2/c1-5-16-8-7-9-17(6-2)21(16)23-20(26)13-24(15(4)25)18-11-10-14(3)19(22)12-18/h7-12H,5-6,13H2,1-4H3,(H,23,26). The summed E-state index contributed by atoms with van der Waals surface area (Å²) in [6.07, 6.45) is 1.65. The Balaban J connectivity index is 2.24. The van der Waals surface area contributed by atoms with E-state index in [-0.39, 0.29) is 18.4 Å². The fourth-order valence-electron chi connectivity index (χ4n) is 2.86. The second-order valence-electron chi connectivity index (χ2n) is 6.25. The van der Waals surface area contributed by atoms with Crippen LogP contribution in [0.3, 0.4) is 0 Å². The van der Waals surface area contributed by atoms with Gasteiger partial charge < -0.3 is 10.2 Å². The van der Waals surface area contributed by atoms with Crippen LogP contribution < -0.4 is 10.2 Å². The number of carbonyl (C=O) groups excluding carboxylic acids is 2. The number of amides is 2. The second-order valence-corrected chi connectivity index (χ2v) is 6.65. The van der Waals surface area contributed by atoms with E-state index in [4.69, 9.17) is 11.6 Å². The van der Waals surface area contributed by atoms with Gasteiger partial charge in [0.05, 0.1) is 0 Å². The summed E-state index contributed by atoms with van der Waals surface area (Å²) in [5.41, 5.74) is 4.57. The number of benzene rings is 2. The summed E-state index contributed by atoms with van der Waals surface area (Å²) in [6, 6.07) is 11.4. The molecule has 2 amide bonds. The zero-order valence-electron chi connectivity index (χ0n) is 15.7. The third-order valence-electron chi connectivity index (χ3n) is 4.41. The van der Waals surface area contributed by atoms with Crippen molar-refractivity contribution in [2.45, 2.75) is 40.5 Å². The maximum absolute atomic E-state index is 12.7. The summed E-state index contributed by atoms with van der Waals surface area (Å²) in [5.74, 6) is -0.438. The Morgan fingerprint density at radius 3 is 2.19 bits per heavy atom. The van der Waals surface area contributed by atoms with Crippen molar-refractivity contribution < 1.29 is 9.59 Å². The van der Waals surface area contributed by atoms with Crippen molar-refractivity contribution >= 4 is 34.8 Å². The first kappa shape index (κ1) is 20.0. The van der Waals surface area contributed by atoms with Gasteiger partial charge in [0.15, 0.2) is 0 Å². The molecule has 2 aromatic carbocycles. The number of anilines is 2. The van der Waals surface area contributed by atoms with Crippen LogP contribution in [-0.2, 0) is 22.4 Å². The zero-order chi connectivity index (χ0) is 19.3. The van der Waals surface area contributed by atoms with Gasteiger partial charge in [-0.1, -0.05) is 49.7 Å². The first-order chi connectivity index (χ1) is 12.4. The molecular formula is C21H25ClN2O2. The van der Waals surface area contributed by atoms with Crippen molar-refractivity contribution in [3.05, 3.63) is 58.1 Å². The largest absolute Gasteiger partial charge is 0.324 e. The highest BCUT2D eigenvalue weighted by Gasteiger charge is 2.18.